The van der Waals surface area contributed by atoms with E-state index >= 15 is 0 Å². The molecule has 3 amide bonds. The van der Waals surface area contributed by atoms with Gasteiger partial charge < -0.3 is 14.4 Å². The summed E-state index contributed by atoms with van der Waals surface area (Å²) in [5, 5.41) is 0. The molecule has 3 heterocycles. The van der Waals surface area contributed by atoms with Crippen molar-refractivity contribution in [2.75, 3.05) is 39.4 Å². The van der Waals surface area contributed by atoms with Gasteiger partial charge in [0.15, 0.2) is 11.5 Å². The molecule has 11 heteroatoms. The number of hydrogen-bond donors (Lipinski definition) is 0. The summed E-state index contributed by atoms with van der Waals surface area (Å²) in [5.74, 6) is -0.798. The van der Waals surface area contributed by atoms with E-state index in [0.29, 0.717) is 37.6 Å². The second kappa shape index (κ2) is 8.70. The maximum absolute atomic E-state index is 13.1. The third kappa shape index (κ3) is 3.76. The molecule has 1 aromatic rings. The van der Waals surface area contributed by atoms with Gasteiger partial charge in [0.05, 0.1) is 16.7 Å². The molecule has 0 N–H and O–H groups in total. The summed E-state index contributed by atoms with van der Waals surface area (Å²) in [6.45, 7) is 2.94. The van der Waals surface area contributed by atoms with E-state index in [1.165, 1.54) is 21.3 Å². The Balaban J connectivity index is 1.24. The Bertz CT molecular complexity index is 1130. The van der Waals surface area contributed by atoms with Crippen LogP contribution in [0.5, 0.6) is 11.5 Å². The Labute approximate surface area is 198 Å². The molecule has 2 saturated heterocycles. The molecule has 0 aromatic heterocycles. The number of carbonyl (C=O) groups excluding carboxylic acids is 3. The first-order chi connectivity index (χ1) is 16.3. The zero-order valence-electron chi connectivity index (χ0n) is 18.9. The lowest BCUT2D eigenvalue weighted by Crippen LogP contribution is -2.56. The molecule has 182 valence electrons. The minimum Gasteiger partial charge on any atom is -0.486 e. The van der Waals surface area contributed by atoms with Gasteiger partial charge in [-0.25, -0.2) is 8.42 Å². The lowest BCUT2D eigenvalue weighted by Gasteiger charge is -2.36. The average molecular weight is 490 g/mol. The first-order valence-electron chi connectivity index (χ1n) is 11.5. The van der Waals surface area contributed by atoms with E-state index in [0.717, 1.165) is 4.90 Å². The summed E-state index contributed by atoms with van der Waals surface area (Å²) in [6.07, 6.45) is 4.85. The molecule has 3 aliphatic heterocycles. The van der Waals surface area contributed by atoms with Gasteiger partial charge in [0.25, 0.3) is 0 Å². The van der Waals surface area contributed by atoms with Gasteiger partial charge in [0.2, 0.25) is 27.7 Å². The lowest BCUT2D eigenvalue weighted by atomic mass is 9.85. The van der Waals surface area contributed by atoms with Crippen LogP contribution in [-0.4, -0.2) is 85.7 Å². The Morgan fingerprint density at radius 3 is 2.15 bits per heavy atom. The van der Waals surface area contributed by atoms with E-state index in [2.05, 4.69) is 0 Å². The molecule has 0 unspecified atom stereocenters. The Kier molecular flexibility index (Phi) is 5.85. The number of ether oxygens (including phenoxy) is 2. The fourth-order valence-electron chi connectivity index (χ4n) is 5.06. The quantitative estimate of drug-likeness (QED) is 0.450. The molecule has 0 spiro atoms. The van der Waals surface area contributed by atoms with Crippen LogP contribution in [0.1, 0.15) is 19.8 Å². The van der Waals surface area contributed by atoms with Crippen molar-refractivity contribution in [3.8, 4) is 11.5 Å². The largest absolute Gasteiger partial charge is 0.486 e. The van der Waals surface area contributed by atoms with Gasteiger partial charge in [-0.15, -0.1) is 0 Å². The molecule has 3 atom stereocenters. The van der Waals surface area contributed by atoms with Crippen molar-refractivity contribution in [1.29, 1.82) is 0 Å². The van der Waals surface area contributed by atoms with Crippen molar-refractivity contribution in [1.82, 2.24) is 14.1 Å². The van der Waals surface area contributed by atoms with E-state index in [4.69, 9.17) is 9.47 Å². The van der Waals surface area contributed by atoms with E-state index in [1.54, 1.807) is 13.0 Å². The molecule has 0 radical (unpaired) electrons. The fourth-order valence-corrected chi connectivity index (χ4v) is 6.50. The molecule has 1 aromatic carbocycles. The number of sulfonamides is 1. The molecule has 4 aliphatic rings. The van der Waals surface area contributed by atoms with Crippen molar-refractivity contribution in [2.24, 2.45) is 11.8 Å². The van der Waals surface area contributed by atoms with Crippen LogP contribution < -0.4 is 9.47 Å². The molecule has 34 heavy (non-hydrogen) atoms. The highest BCUT2D eigenvalue weighted by Gasteiger charge is 2.50. The topological polar surface area (TPSA) is 114 Å². The van der Waals surface area contributed by atoms with E-state index in [-0.39, 0.29) is 60.6 Å². The van der Waals surface area contributed by atoms with E-state index in [1.807, 2.05) is 12.2 Å². The monoisotopic (exact) mass is 489 g/mol. The molecule has 5 rings (SSSR count). The van der Waals surface area contributed by atoms with Crippen molar-refractivity contribution < 1.29 is 32.3 Å². The molecular formula is C23H27N3O7S. The third-order valence-corrected chi connectivity index (χ3v) is 8.88. The summed E-state index contributed by atoms with van der Waals surface area (Å²) in [6, 6.07) is 3.62. The summed E-state index contributed by atoms with van der Waals surface area (Å²) in [5.41, 5.74) is 0. The maximum Gasteiger partial charge on any atom is 0.245 e. The minimum absolute atomic E-state index is 0.106. The second-order valence-corrected chi connectivity index (χ2v) is 10.9. The predicted molar refractivity (Wildman–Crippen MR) is 119 cm³/mol. The van der Waals surface area contributed by atoms with E-state index < -0.39 is 16.1 Å². The van der Waals surface area contributed by atoms with Crippen LogP contribution in [0.15, 0.2) is 35.2 Å². The van der Waals surface area contributed by atoms with Gasteiger partial charge in [-0.1, -0.05) is 12.2 Å². The normalized spacial score (nSPS) is 25.9. The van der Waals surface area contributed by atoms with Crippen LogP contribution in [0.25, 0.3) is 0 Å². The van der Waals surface area contributed by atoms with Gasteiger partial charge in [-0.2, -0.15) is 4.31 Å². The average Bonchev–Trinajstić information content (AvgIpc) is 3.12. The van der Waals surface area contributed by atoms with Crippen LogP contribution in [0.4, 0.5) is 0 Å². The minimum atomic E-state index is -3.78. The number of allylic oxidation sites excluding steroid dienone is 2. The number of carbonyl (C=O) groups is 3. The molecule has 2 fully saturated rings. The van der Waals surface area contributed by atoms with Crippen LogP contribution >= 0.6 is 0 Å². The SMILES string of the molecule is C[C@@H](C(=O)N1CCN(S(=O)(=O)c2ccc3c(c2)OCCO3)CC1)N1C(=O)[C@H]2CC=CC[C@H]2C1=O. The summed E-state index contributed by atoms with van der Waals surface area (Å²) >= 11 is 0. The van der Waals surface area contributed by atoms with Gasteiger partial charge in [-0.3, -0.25) is 19.3 Å². The van der Waals surface area contributed by atoms with Gasteiger partial charge >= 0.3 is 0 Å². The van der Waals surface area contributed by atoms with Crippen molar-refractivity contribution >= 4 is 27.7 Å². The first-order valence-corrected chi connectivity index (χ1v) is 12.9. The third-order valence-electron chi connectivity index (χ3n) is 6.99. The Morgan fingerprint density at radius 1 is 0.941 bits per heavy atom. The standard InChI is InChI=1S/C23H27N3O7S/c1-15(26-22(28)17-4-2-3-5-18(17)23(26)29)21(27)24-8-10-25(11-9-24)34(30,31)16-6-7-19-20(14-16)33-13-12-32-19/h2-3,6-7,14-15,17-18H,4-5,8-13H2,1H3/t15-,17-,18+/m0/s1. The number of fused-ring (bicyclic) bond motifs is 2. The smallest absolute Gasteiger partial charge is 0.245 e. The number of imide groups is 1. The number of hydrogen-bond acceptors (Lipinski definition) is 7. The lowest BCUT2D eigenvalue weighted by molar-refractivity contribution is -0.151. The number of benzene rings is 1. The van der Waals surface area contributed by atoms with Crippen molar-refractivity contribution in [2.45, 2.75) is 30.7 Å². The first kappa shape index (κ1) is 22.9. The molecule has 0 saturated carbocycles. The zero-order chi connectivity index (χ0) is 24.0. The second-order valence-electron chi connectivity index (χ2n) is 8.91. The molecule has 1 aliphatic carbocycles. The van der Waals surface area contributed by atoms with Crippen LogP contribution in [0.3, 0.4) is 0 Å². The summed E-state index contributed by atoms with van der Waals surface area (Å²) < 4.78 is 38.6. The highest BCUT2D eigenvalue weighted by Crippen LogP contribution is 2.36. The highest BCUT2D eigenvalue weighted by atomic mass is 32.2. The number of amides is 3. The molecule has 10 nitrogen and oxygen atoms in total. The van der Waals surface area contributed by atoms with Crippen LogP contribution in [0, 0.1) is 11.8 Å². The van der Waals surface area contributed by atoms with Crippen molar-refractivity contribution in [3.05, 3.63) is 30.4 Å². The number of piperazine rings is 1. The Hall–Kier alpha value is -2.92. The zero-order valence-corrected chi connectivity index (χ0v) is 19.7. The van der Waals surface area contributed by atoms with Crippen molar-refractivity contribution in [3.63, 3.8) is 0 Å². The van der Waals surface area contributed by atoms with Gasteiger partial charge in [0, 0.05) is 32.2 Å². The number of rotatable bonds is 4. The molecular weight excluding hydrogens is 462 g/mol. The maximum atomic E-state index is 13.1. The predicted octanol–water partition coefficient (Wildman–Crippen LogP) is 0.630. The Morgan fingerprint density at radius 2 is 1.53 bits per heavy atom. The van der Waals surface area contributed by atoms with Crippen LogP contribution in [0.2, 0.25) is 0 Å². The summed E-state index contributed by atoms with van der Waals surface area (Å²) in [4.78, 5) is 41.5. The summed E-state index contributed by atoms with van der Waals surface area (Å²) in [7, 11) is -3.78. The van der Waals surface area contributed by atoms with Crippen LogP contribution in [-0.2, 0) is 24.4 Å². The number of nitrogens with zero attached hydrogens (tertiary/aromatic N) is 3. The van der Waals surface area contributed by atoms with Gasteiger partial charge in [0.1, 0.15) is 19.3 Å². The molecule has 0 bridgehead atoms. The number of likely N-dealkylation sites (tertiary alicyclic amines) is 1. The highest BCUT2D eigenvalue weighted by molar-refractivity contribution is 7.89. The van der Waals surface area contributed by atoms with Gasteiger partial charge in [-0.05, 0) is 31.9 Å². The van der Waals surface area contributed by atoms with E-state index in [9.17, 15) is 22.8 Å². The fraction of sp³-hybridized carbons (Fsp3) is 0.522.